The number of methoxy groups -OCH3 is 2. The number of hydrogen-bond acceptors (Lipinski definition) is 8. The molecule has 0 radical (unpaired) electrons. The Bertz CT molecular complexity index is 1370. The quantitative estimate of drug-likeness (QED) is 0.518. The number of rotatable bonds is 6. The van der Waals surface area contributed by atoms with Crippen LogP contribution >= 0.6 is 22.7 Å². The van der Waals surface area contributed by atoms with Crippen molar-refractivity contribution in [1.29, 1.82) is 0 Å². The smallest absolute Gasteiger partial charge is 0.338 e. The Labute approximate surface area is 192 Å². The molecule has 166 valence electrons. The second-order valence-electron chi connectivity index (χ2n) is 6.90. The van der Waals surface area contributed by atoms with Crippen LogP contribution in [-0.2, 0) is 9.53 Å². The number of carbonyl (C=O) groups is 1. The fourth-order valence-electron chi connectivity index (χ4n) is 3.67. The van der Waals surface area contributed by atoms with Crippen molar-refractivity contribution in [2.75, 3.05) is 20.8 Å². The van der Waals surface area contributed by atoms with Crippen molar-refractivity contribution >= 4 is 34.7 Å². The molecule has 3 aromatic rings. The fourth-order valence-corrected chi connectivity index (χ4v) is 5.54. The highest BCUT2D eigenvalue weighted by Gasteiger charge is 2.33. The van der Waals surface area contributed by atoms with Crippen molar-refractivity contribution in [2.45, 2.75) is 19.9 Å². The molecule has 0 fully saturated rings. The molecule has 0 bridgehead atoms. The zero-order valence-corrected chi connectivity index (χ0v) is 19.7. The van der Waals surface area contributed by atoms with E-state index in [1.165, 1.54) is 22.7 Å². The van der Waals surface area contributed by atoms with Crippen LogP contribution in [-0.4, -0.2) is 31.4 Å². The number of nitrogens with zero attached hydrogens (tertiary/aromatic N) is 2. The van der Waals surface area contributed by atoms with Crippen LogP contribution in [0.3, 0.4) is 0 Å². The number of carbonyl (C=O) groups excluding carboxylic acids is 1. The monoisotopic (exact) mass is 470 g/mol. The molecule has 0 saturated carbocycles. The Morgan fingerprint density at radius 2 is 2.03 bits per heavy atom. The molecule has 0 saturated heterocycles. The van der Waals surface area contributed by atoms with E-state index >= 15 is 0 Å². The van der Waals surface area contributed by atoms with Crippen LogP contribution in [0.4, 0.5) is 0 Å². The van der Waals surface area contributed by atoms with Gasteiger partial charge in [-0.15, -0.1) is 11.3 Å². The molecule has 0 spiro atoms. The number of allylic oxidation sites excluding steroid dienone is 1. The summed E-state index contributed by atoms with van der Waals surface area (Å²) in [4.78, 5) is 32.3. The minimum atomic E-state index is -0.584. The molecule has 32 heavy (non-hydrogen) atoms. The molecule has 1 atom stereocenters. The van der Waals surface area contributed by atoms with Gasteiger partial charge in [0.2, 0.25) is 0 Å². The zero-order chi connectivity index (χ0) is 22.8. The van der Waals surface area contributed by atoms with Gasteiger partial charge < -0.3 is 14.2 Å². The third-order valence-corrected chi connectivity index (χ3v) is 6.96. The van der Waals surface area contributed by atoms with Gasteiger partial charge in [0, 0.05) is 10.4 Å². The lowest BCUT2D eigenvalue weighted by atomic mass is 10.0. The molecule has 4 rings (SSSR count). The number of ether oxygens (including phenoxy) is 3. The van der Waals surface area contributed by atoms with Crippen LogP contribution in [0.1, 0.15) is 30.3 Å². The van der Waals surface area contributed by atoms with E-state index in [2.05, 4.69) is 4.99 Å². The van der Waals surface area contributed by atoms with Gasteiger partial charge in [-0.1, -0.05) is 29.5 Å². The Morgan fingerprint density at radius 3 is 2.69 bits per heavy atom. The van der Waals surface area contributed by atoms with E-state index in [0.29, 0.717) is 37.7 Å². The first-order valence-electron chi connectivity index (χ1n) is 9.94. The van der Waals surface area contributed by atoms with Crippen LogP contribution in [0.25, 0.3) is 6.08 Å². The molecule has 0 aliphatic carbocycles. The second-order valence-corrected chi connectivity index (χ2v) is 8.89. The maximum absolute atomic E-state index is 13.6. The van der Waals surface area contributed by atoms with Crippen LogP contribution in [0.15, 0.2) is 56.8 Å². The van der Waals surface area contributed by atoms with Gasteiger partial charge in [0.1, 0.15) is 6.04 Å². The number of esters is 1. The third kappa shape index (κ3) is 3.78. The largest absolute Gasteiger partial charge is 0.493 e. The molecule has 1 aliphatic heterocycles. The van der Waals surface area contributed by atoms with Gasteiger partial charge in [0.05, 0.1) is 36.6 Å². The third-order valence-electron chi connectivity index (χ3n) is 5.05. The summed E-state index contributed by atoms with van der Waals surface area (Å²) in [5, 5.41) is 1.92. The molecule has 3 heterocycles. The number of aromatic nitrogens is 1. The van der Waals surface area contributed by atoms with Crippen molar-refractivity contribution in [3.8, 4) is 11.5 Å². The van der Waals surface area contributed by atoms with E-state index in [0.717, 1.165) is 4.88 Å². The highest BCUT2D eigenvalue weighted by molar-refractivity contribution is 7.10. The molecule has 1 aliphatic rings. The summed E-state index contributed by atoms with van der Waals surface area (Å²) in [5.41, 5.74) is 1.42. The molecule has 2 aromatic heterocycles. The van der Waals surface area contributed by atoms with Gasteiger partial charge in [-0.3, -0.25) is 9.36 Å². The second kappa shape index (κ2) is 9.13. The minimum Gasteiger partial charge on any atom is -0.493 e. The molecule has 0 amide bonds. The Kier molecular flexibility index (Phi) is 6.29. The first-order valence-corrected chi connectivity index (χ1v) is 11.6. The summed E-state index contributed by atoms with van der Waals surface area (Å²) >= 11 is 2.75. The van der Waals surface area contributed by atoms with E-state index < -0.39 is 12.0 Å². The predicted molar refractivity (Wildman–Crippen MR) is 124 cm³/mol. The van der Waals surface area contributed by atoms with Gasteiger partial charge in [-0.2, -0.15) is 0 Å². The Morgan fingerprint density at radius 1 is 1.22 bits per heavy atom. The first kappa shape index (κ1) is 22.0. The van der Waals surface area contributed by atoms with E-state index in [1.807, 2.05) is 29.6 Å². The van der Waals surface area contributed by atoms with Crippen LogP contribution in [0.5, 0.6) is 11.5 Å². The normalized spacial score (nSPS) is 15.9. The first-order chi connectivity index (χ1) is 15.5. The zero-order valence-electron chi connectivity index (χ0n) is 18.1. The summed E-state index contributed by atoms with van der Waals surface area (Å²) in [6, 6.07) is 8.71. The highest BCUT2D eigenvalue weighted by Crippen LogP contribution is 2.33. The Hall–Kier alpha value is -3.17. The number of thiazole rings is 1. The number of fused-ring (bicyclic) bond motifs is 1. The van der Waals surface area contributed by atoms with E-state index in [4.69, 9.17) is 14.2 Å². The van der Waals surface area contributed by atoms with Crippen molar-refractivity contribution < 1.29 is 19.0 Å². The van der Waals surface area contributed by atoms with E-state index in [9.17, 15) is 9.59 Å². The number of benzene rings is 1. The molecular formula is C23H22N2O5S2. The van der Waals surface area contributed by atoms with Gasteiger partial charge in [-0.05, 0) is 37.4 Å². The van der Waals surface area contributed by atoms with Gasteiger partial charge >= 0.3 is 5.97 Å². The van der Waals surface area contributed by atoms with Crippen molar-refractivity contribution in [3.63, 3.8) is 0 Å². The molecule has 1 aromatic carbocycles. The summed E-state index contributed by atoms with van der Waals surface area (Å²) in [7, 11) is 3.12. The molecule has 0 N–H and O–H groups in total. The molecule has 9 heteroatoms. The average Bonchev–Trinajstić information content (AvgIpc) is 3.41. The summed E-state index contributed by atoms with van der Waals surface area (Å²) in [5.74, 6) is 0.654. The fraction of sp³-hybridized carbons (Fsp3) is 0.261. The lowest BCUT2D eigenvalue weighted by Crippen LogP contribution is -2.39. The number of thiophene rings is 1. The number of para-hydroxylation sites is 1. The SMILES string of the molecule is CCOC(=O)C1=C(C)N=c2sc(=Cc3cccc(OC)c3OC)c(=O)n2C1c1cccs1. The lowest BCUT2D eigenvalue weighted by molar-refractivity contribution is -0.139. The standard InChI is InChI=1S/C23H22N2O5S2/c1-5-30-22(27)18-13(2)24-23-25(19(18)16-10-7-11-31-16)21(26)17(32-23)12-14-8-6-9-15(28-3)20(14)29-4/h6-12,19H,5H2,1-4H3. The van der Waals surface area contributed by atoms with Gasteiger partial charge in [-0.25, -0.2) is 9.79 Å². The Balaban J connectivity index is 1.95. The molecule has 7 nitrogen and oxygen atoms in total. The molecular weight excluding hydrogens is 448 g/mol. The van der Waals surface area contributed by atoms with Crippen LogP contribution < -0.4 is 24.4 Å². The highest BCUT2D eigenvalue weighted by atomic mass is 32.1. The van der Waals surface area contributed by atoms with E-state index in [-0.39, 0.29) is 12.2 Å². The van der Waals surface area contributed by atoms with Gasteiger partial charge in [0.25, 0.3) is 5.56 Å². The summed E-state index contributed by atoms with van der Waals surface area (Å²) < 4.78 is 18.2. The van der Waals surface area contributed by atoms with Crippen molar-refractivity contribution in [1.82, 2.24) is 4.57 Å². The summed E-state index contributed by atoms with van der Waals surface area (Å²) in [6.07, 6.45) is 1.76. The predicted octanol–water partition coefficient (Wildman–Crippen LogP) is 2.88. The van der Waals surface area contributed by atoms with Gasteiger partial charge in [0.15, 0.2) is 16.3 Å². The average molecular weight is 471 g/mol. The minimum absolute atomic E-state index is 0.230. The summed E-state index contributed by atoms with van der Waals surface area (Å²) in [6.45, 7) is 3.77. The van der Waals surface area contributed by atoms with Crippen LogP contribution in [0, 0.1) is 0 Å². The van der Waals surface area contributed by atoms with Crippen molar-refractivity contribution in [2.24, 2.45) is 4.99 Å². The van der Waals surface area contributed by atoms with Crippen molar-refractivity contribution in [3.05, 3.63) is 77.1 Å². The van der Waals surface area contributed by atoms with Crippen LogP contribution in [0.2, 0.25) is 0 Å². The maximum Gasteiger partial charge on any atom is 0.338 e. The topological polar surface area (TPSA) is 79.1 Å². The maximum atomic E-state index is 13.6. The number of hydrogen-bond donors (Lipinski definition) is 0. The lowest BCUT2D eigenvalue weighted by Gasteiger charge is -2.23. The van der Waals surface area contributed by atoms with E-state index in [1.54, 1.807) is 44.8 Å². The molecule has 1 unspecified atom stereocenters.